The number of hydrogen-bond donors (Lipinski definition) is 0. The van der Waals surface area contributed by atoms with Gasteiger partial charge in [0.25, 0.3) is 0 Å². The van der Waals surface area contributed by atoms with Gasteiger partial charge in [-0.3, -0.25) is 29.0 Å². The maximum Gasteiger partial charge on any atom is 0.234 e. The van der Waals surface area contributed by atoms with Crippen LogP contribution in [0.3, 0.4) is 0 Å². The second kappa shape index (κ2) is 9.13. The van der Waals surface area contributed by atoms with Gasteiger partial charge in [0.2, 0.25) is 23.6 Å². The molecule has 0 N–H and O–H groups in total. The minimum Gasteiger partial charge on any atom is -0.335 e. The summed E-state index contributed by atoms with van der Waals surface area (Å²) in [5, 5.41) is 1.19. The molecule has 0 aromatic heterocycles. The number of imide groups is 2. The van der Waals surface area contributed by atoms with Gasteiger partial charge in [-0.25, -0.2) is 0 Å². The standard InChI is InChI=1S/C24H22BrCl2N3O4/c25-13-1-5-16(6-2-13)28(11-29-21(31)17-7-3-14(26)9-19(17)23(29)33)12-30-22(32)18-8-4-15(27)10-20(18)24(30)34/h1-6,17-20H,7-12H2. The predicted octanol–water partition coefficient (Wildman–Crippen LogP) is 4.21. The molecular weight excluding hydrogens is 545 g/mol. The van der Waals surface area contributed by atoms with E-state index in [1.165, 1.54) is 9.80 Å². The molecule has 10 heteroatoms. The van der Waals surface area contributed by atoms with Crippen LogP contribution in [-0.4, -0.2) is 46.8 Å². The Bertz CT molecular complexity index is 1070. The smallest absolute Gasteiger partial charge is 0.234 e. The monoisotopic (exact) mass is 565 g/mol. The van der Waals surface area contributed by atoms with Gasteiger partial charge in [-0.2, -0.15) is 0 Å². The van der Waals surface area contributed by atoms with Crippen molar-refractivity contribution in [3.63, 3.8) is 0 Å². The first kappa shape index (κ1) is 23.6. The molecule has 2 saturated heterocycles. The highest BCUT2D eigenvalue weighted by atomic mass is 79.9. The van der Waals surface area contributed by atoms with Crippen molar-refractivity contribution in [3.8, 4) is 0 Å². The Balaban J connectivity index is 1.41. The zero-order valence-corrected chi connectivity index (χ0v) is 21.2. The fourth-order valence-corrected chi connectivity index (χ4v) is 6.05. The number of benzene rings is 1. The van der Waals surface area contributed by atoms with Gasteiger partial charge in [-0.05, 0) is 49.9 Å². The van der Waals surface area contributed by atoms with E-state index in [-0.39, 0.29) is 37.0 Å². The second-order valence-electron chi connectivity index (χ2n) is 9.12. The number of carbonyl (C=O) groups excluding carboxylic acids is 4. The van der Waals surface area contributed by atoms with Crippen LogP contribution in [0.15, 0.2) is 51.0 Å². The third-order valence-corrected chi connectivity index (χ3v) is 8.28. The summed E-state index contributed by atoms with van der Waals surface area (Å²) in [4.78, 5) is 56.7. The van der Waals surface area contributed by atoms with Crippen molar-refractivity contribution < 1.29 is 19.2 Å². The van der Waals surface area contributed by atoms with Crippen LogP contribution in [0.2, 0.25) is 0 Å². The van der Waals surface area contributed by atoms with E-state index in [4.69, 9.17) is 23.2 Å². The van der Waals surface area contributed by atoms with Crippen LogP contribution in [0.4, 0.5) is 5.69 Å². The number of nitrogens with zero attached hydrogens (tertiary/aromatic N) is 3. The van der Waals surface area contributed by atoms with Crippen molar-refractivity contribution in [2.24, 2.45) is 23.7 Å². The highest BCUT2D eigenvalue weighted by Crippen LogP contribution is 2.41. The number of halogens is 3. The minimum absolute atomic E-state index is 0.0602. The van der Waals surface area contributed by atoms with E-state index < -0.39 is 23.7 Å². The number of hydrogen-bond acceptors (Lipinski definition) is 5. The summed E-state index contributed by atoms with van der Waals surface area (Å²) < 4.78 is 0.858. The summed E-state index contributed by atoms with van der Waals surface area (Å²) in [5.74, 6) is -2.83. The summed E-state index contributed by atoms with van der Waals surface area (Å²) in [6, 6.07) is 7.29. The predicted molar refractivity (Wildman–Crippen MR) is 130 cm³/mol. The lowest BCUT2D eigenvalue weighted by atomic mass is 9.85. The number of anilines is 1. The zero-order chi connectivity index (χ0) is 24.1. The number of rotatable bonds is 5. The van der Waals surface area contributed by atoms with Crippen LogP contribution in [-0.2, 0) is 19.2 Å². The lowest BCUT2D eigenvalue weighted by Crippen LogP contribution is -2.48. The van der Waals surface area contributed by atoms with Crippen molar-refractivity contribution >= 4 is 68.4 Å². The average molecular weight is 567 g/mol. The van der Waals surface area contributed by atoms with Crippen LogP contribution >= 0.6 is 39.1 Å². The molecule has 2 aliphatic carbocycles. The molecule has 0 spiro atoms. The molecule has 34 heavy (non-hydrogen) atoms. The van der Waals surface area contributed by atoms with Crippen LogP contribution in [0.1, 0.15) is 25.7 Å². The van der Waals surface area contributed by atoms with Crippen molar-refractivity contribution in [2.45, 2.75) is 25.7 Å². The molecule has 4 amide bonds. The van der Waals surface area contributed by atoms with Gasteiger partial charge >= 0.3 is 0 Å². The Morgan fingerprint density at radius 3 is 1.59 bits per heavy atom. The number of allylic oxidation sites excluding steroid dienone is 4. The third kappa shape index (κ3) is 4.10. The van der Waals surface area contributed by atoms with E-state index in [1.807, 2.05) is 24.3 Å². The van der Waals surface area contributed by atoms with Gasteiger partial charge in [0.1, 0.15) is 13.3 Å². The van der Waals surface area contributed by atoms with Crippen LogP contribution < -0.4 is 4.90 Å². The molecule has 2 aliphatic heterocycles. The molecule has 7 nitrogen and oxygen atoms in total. The van der Waals surface area contributed by atoms with Crippen LogP contribution in [0.25, 0.3) is 0 Å². The normalized spacial score (nSPS) is 28.7. The molecule has 4 atom stereocenters. The Morgan fingerprint density at radius 1 is 0.735 bits per heavy atom. The molecule has 4 aliphatic rings. The quantitative estimate of drug-likeness (QED) is 0.499. The topological polar surface area (TPSA) is 78.0 Å². The zero-order valence-electron chi connectivity index (χ0n) is 18.1. The maximum atomic E-state index is 13.1. The highest BCUT2D eigenvalue weighted by Gasteiger charge is 2.51. The molecule has 1 aromatic rings. The van der Waals surface area contributed by atoms with Crippen molar-refractivity contribution in [3.05, 3.63) is 51.0 Å². The van der Waals surface area contributed by atoms with Gasteiger partial charge in [0, 0.05) is 20.2 Å². The van der Waals surface area contributed by atoms with Crippen LogP contribution in [0, 0.1) is 23.7 Å². The van der Waals surface area contributed by atoms with Crippen LogP contribution in [0.5, 0.6) is 0 Å². The maximum absolute atomic E-state index is 13.1. The molecule has 1 aromatic carbocycles. The van der Waals surface area contributed by atoms with Gasteiger partial charge in [-0.1, -0.05) is 51.3 Å². The summed E-state index contributed by atoms with van der Waals surface area (Å²) >= 11 is 15.7. The Hall–Kier alpha value is -2.16. The number of carbonyl (C=O) groups is 4. The van der Waals surface area contributed by atoms with Gasteiger partial charge in [0.05, 0.1) is 23.7 Å². The van der Waals surface area contributed by atoms with Gasteiger partial charge in [0.15, 0.2) is 0 Å². The van der Waals surface area contributed by atoms with E-state index in [0.717, 1.165) is 4.47 Å². The van der Waals surface area contributed by atoms with Gasteiger partial charge < -0.3 is 4.90 Å². The summed E-state index contributed by atoms with van der Waals surface area (Å²) in [6.07, 6.45) is 5.17. The van der Waals surface area contributed by atoms with E-state index in [0.29, 0.717) is 41.4 Å². The minimum atomic E-state index is -0.470. The lowest BCUT2D eigenvalue weighted by Gasteiger charge is -2.32. The molecule has 5 rings (SSSR count). The number of amides is 4. The van der Waals surface area contributed by atoms with Crippen molar-refractivity contribution in [1.82, 2.24) is 9.80 Å². The highest BCUT2D eigenvalue weighted by molar-refractivity contribution is 9.10. The van der Waals surface area contributed by atoms with Crippen molar-refractivity contribution in [1.29, 1.82) is 0 Å². The molecule has 178 valence electrons. The molecular formula is C24H22BrCl2N3O4. The molecule has 4 unspecified atom stereocenters. The first-order valence-electron chi connectivity index (χ1n) is 11.1. The fraction of sp³-hybridized carbons (Fsp3) is 0.417. The van der Waals surface area contributed by atoms with E-state index in [2.05, 4.69) is 15.9 Å². The summed E-state index contributed by atoms with van der Waals surface area (Å²) in [6.45, 7) is -0.120. The van der Waals surface area contributed by atoms with E-state index >= 15 is 0 Å². The third-order valence-electron chi connectivity index (χ3n) is 7.14. The Kier molecular flexibility index (Phi) is 6.33. The largest absolute Gasteiger partial charge is 0.335 e. The van der Waals surface area contributed by atoms with Crippen molar-refractivity contribution in [2.75, 3.05) is 18.2 Å². The number of likely N-dealkylation sites (tertiary alicyclic amines) is 2. The molecule has 0 bridgehead atoms. The molecule has 2 fully saturated rings. The van der Waals surface area contributed by atoms with E-state index in [1.54, 1.807) is 17.1 Å². The fourth-order valence-electron chi connectivity index (χ4n) is 5.27. The second-order valence-corrected chi connectivity index (χ2v) is 11.0. The summed E-state index contributed by atoms with van der Waals surface area (Å²) in [7, 11) is 0. The average Bonchev–Trinajstić information content (AvgIpc) is 3.18. The van der Waals surface area contributed by atoms with E-state index in [9.17, 15) is 19.2 Å². The molecule has 2 heterocycles. The SMILES string of the molecule is O=C1C2CC=C(Cl)CC2C(=O)N1CN(CN1C(=O)C2CC=C(Cl)CC2C1=O)c1ccc(Br)cc1. The molecule has 0 radical (unpaired) electrons. The van der Waals surface area contributed by atoms with Gasteiger partial charge in [-0.15, -0.1) is 0 Å². The Labute approximate surface area is 215 Å². The first-order valence-corrected chi connectivity index (χ1v) is 12.7. The molecule has 0 saturated carbocycles. The summed E-state index contributed by atoms with van der Waals surface area (Å²) in [5.41, 5.74) is 0.682. The Morgan fingerprint density at radius 2 is 1.15 bits per heavy atom. The number of fused-ring (bicyclic) bond motifs is 2. The lowest BCUT2D eigenvalue weighted by molar-refractivity contribution is -0.140. The first-order chi connectivity index (χ1) is 16.2.